The van der Waals surface area contributed by atoms with Crippen molar-refractivity contribution in [1.29, 1.82) is 0 Å². The zero-order valence-corrected chi connectivity index (χ0v) is 12.6. The highest BCUT2D eigenvalue weighted by atomic mass is 79.9. The number of halogens is 1. The number of nitrogens with one attached hydrogen (secondary N) is 2. The summed E-state index contributed by atoms with van der Waals surface area (Å²) in [5, 5.41) is 6.18. The first kappa shape index (κ1) is 13.9. The monoisotopic (exact) mass is 353 g/mol. The molecule has 1 atom stereocenters. The molecule has 1 aromatic rings. The van der Waals surface area contributed by atoms with Crippen molar-refractivity contribution in [3.63, 3.8) is 0 Å². The minimum atomic E-state index is -3.01. The lowest BCUT2D eigenvalue weighted by molar-refractivity contribution is -0.116. The first-order chi connectivity index (χ1) is 8.44. The van der Waals surface area contributed by atoms with Crippen LogP contribution in [0.1, 0.15) is 6.42 Å². The van der Waals surface area contributed by atoms with Crippen LogP contribution in [0.3, 0.4) is 0 Å². The van der Waals surface area contributed by atoms with Crippen LogP contribution >= 0.6 is 27.3 Å². The van der Waals surface area contributed by atoms with Gasteiger partial charge in [-0.3, -0.25) is 4.79 Å². The van der Waals surface area contributed by atoms with Gasteiger partial charge in [-0.05, 0) is 15.9 Å². The van der Waals surface area contributed by atoms with Gasteiger partial charge in [0, 0.05) is 19.0 Å². The van der Waals surface area contributed by atoms with Gasteiger partial charge >= 0.3 is 0 Å². The second kappa shape index (κ2) is 5.64. The van der Waals surface area contributed by atoms with Gasteiger partial charge in [-0.25, -0.2) is 13.4 Å². The Hall–Kier alpha value is -0.510. The van der Waals surface area contributed by atoms with Crippen LogP contribution in [0.4, 0.5) is 5.13 Å². The molecule has 0 aliphatic carbocycles. The van der Waals surface area contributed by atoms with Gasteiger partial charge in [0.15, 0.2) is 15.0 Å². The Labute approximate surface area is 117 Å². The molecule has 1 aromatic heterocycles. The fourth-order valence-electron chi connectivity index (χ4n) is 1.70. The molecule has 0 aromatic carbocycles. The van der Waals surface area contributed by atoms with Crippen molar-refractivity contribution in [2.45, 2.75) is 12.5 Å². The van der Waals surface area contributed by atoms with E-state index in [0.29, 0.717) is 11.7 Å². The van der Waals surface area contributed by atoms with Crippen LogP contribution in [0.15, 0.2) is 9.98 Å². The summed E-state index contributed by atoms with van der Waals surface area (Å²) in [6, 6.07) is -0.313. The third-order valence-corrected chi connectivity index (χ3v) is 5.58. The predicted octanol–water partition coefficient (Wildman–Crippen LogP) is 0.621. The van der Waals surface area contributed by atoms with E-state index >= 15 is 0 Å². The summed E-state index contributed by atoms with van der Waals surface area (Å²) in [6.45, 7) is 0.406. The van der Waals surface area contributed by atoms with Gasteiger partial charge in [0.25, 0.3) is 0 Å². The fourth-order valence-corrected chi connectivity index (χ4v) is 4.27. The third-order valence-electron chi connectivity index (χ3n) is 2.46. The standard InChI is InChI=1S/C9H12BrN3O3S2/c10-7-4-12-9(17-7)13-8(14)3-6-5-18(15,16)2-1-11-6/h4,6,11H,1-3,5H2,(H,12,13,14). The van der Waals surface area contributed by atoms with Gasteiger partial charge in [-0.15, -0.1) is 0 Å². The molecule has 1 unspecified atom stereocenters. The number of nitrogens with zero attached hydrogens (tertiary/aromatic N) is 1. The van der Waals surface area contributed by atoms with Crippen molar-refractivity contribution in [2.75, 3.05) is 23.4 Å². The highest BCUT2D eigenvalue weighted by molar-refractivity contribution is 9.11. The molecule has 0 spiro atoms. The van der Waals surface area contributed by atoms with E-state index in [1.165, 1.54) is 11.3 Å². The van der Waals surface area contributed by atoms with E-state index in [2.05, 4.69) is 31.5 Å². The van der Waals surface area contributed by atoms with E-state index in [1.54, 1.807) is 6.20 Å². The molecule has 100 valence electrons. The summed E-state index contributed by atoms with van der Waals surface area (Å²) in [5.74, 6) is -0.0709. The van der Waals surface area contributed by atoms with E-state index < -0.39 is 9.84 Å². The highest BCUT2D eigenvalue weighted by Gasteiger charge is 2.26. The first-order valence-corrected chi connectivity index (χ1v) is 8.73. The number of amides is 1. The van der Waals surface area contributed by atoms with Gasteiger partial charge in [-0.2, -0.15) is 0 Å². The highest BCUT2D eigenvalue weighted by Crippen LogP contribution is 2.23. The molecular formula is C9H12BrN3O3S2. The summed E-state index contributed by atoms with van der Waals surface area (Å²) in [7, 11) is -3.01. The second-order valence-corrected chi connectivity index (χ2v) is 8.63. The molecular weight excluding hydrogens is 342 g/mol. The second-order valence-electron chi connectivity index (χ2n) is 3.99. The summed E-state index contributed by atoms with van der Waals surface area (Å²) in [5.41, 5.74) is 0. The van der Waals surface area contributed by atoms with Crippen LogP contribution in [0.2, 0.25) is 0 Å². The van der Waals surface area contributed by atoms with Crippen molar-refractivity contribution in [3.05, 3.63) is 9.98 Å². The third kappa shape index (κ3) is 4.01. The number of anilines is 1. The maximum atomic E-state index is 11.7. The lowest BCUT2D eigenvalue weighted by atomic mass is 10.2. The number of hydrogen-bond acceptors (Lipinski definition) is 6. The molecule has 0 saturated carbocycles. The molecule has 1 fully saturated rings. The van der Waals surface area contributed by atoms with Crippen LogP contribution in [0.25, 0.3) is 0 Å². The fraction of sp³-hybridized carbons (Fsp3) is 0.556. The molecule has 1 amide bonds. The van der Waals surface area contributed by atoms with Crippen LogP contribution in [-0.4, -0.2) is 43.4 Å². The van der Waals surface area contributed by atoms with E-state index in [-0.39, 0.29) is 29.9 Å². The number of carbonyl (C=O) groups is 1. The molecule has 9 heteroatoms. The summed E-state index contributed by atoms with van der Waals surface area (Å²) >= 11 is 4.56. The van der Waals surface area contributed by atoms with Crippen LogP contribution in [0.5, 0.6) is 0 Å². The zero-order valence-electron chi connectivity index (χ0n) is 9.35. The molecule has 1 aliphatic rings. The largest absolute Gasteiger partial charge is 0.311 e. The molecule has 1 aliphatic heterocycles. The maximum absolute atomic E-state index is 11.7. The Bertz CT molecular complexity index is 543. The van der Waals surface area contributed by atoms with E-state index in [0.717, 1.165) is 3.79 Å². The average Bonchev–Trinajstić information content (AvgIpc) is 2.62. The van der Waals surface area contributed by atoms with Crippen molar-refractivity contribution >= 4 is 48.1 Å². The number of thiazole rings is 1. The van der Waals surface area contributed by atoms with Gasteiger partial charge in [0.2, 0.25) is 5.91 Å². The van der Waals surface area contributed by atoms with Gasteiger partial charge in [0.1, 0.15) is 0 Å². The Morgan fingerprint density at radius 2 is 2.44 bits per heavy atom. The molecule has 0 bridgehead atoms. The smallest absolute Gasteiger partial charge is 0.227 e. The molecule has 18 heavy (non-hydrogen) atoms. The topological polar surface area (TPSA) is 88.2 Å². The van der Waals surface area contributed by atoms with E-state index in [9.17, 15) is 13.2 Å². The lowest BCUT2D eigenvalue weighted by Crippen LogP contribution is -2.46. The van der Waals surface area contributed by atoms with Crippen molar-refractivity contribution in [1.82, 2.24) is 10.3 Å². The zero-order chi connectivity index (χ0) is 13.2. The average molecular weight is 354 g/mol. The van der Waals surface area contributed by atoms with Crippen molar-refractivity contribution in [3.8, 4) is 0 Å². The van der Waals surface area contributed by atoms with Crippen LogP contribution in [0, 0.1) is 0 Å². The molecule has 2 rings (SSSR count). The quantitative estimate of drug-likeness (QED) is 0.831. The minimum absolute atomic E-state index is 0.0159. The SMILES string of the molecule is O=C(CC1CS(=O)(=O)CCN1)Nc1ncc(Br)s1. The predicted molar refractivity (Wildman–Crippen MR) is 73.5 cm³/mol. The lowest BCUT2D eigenvalue weighted by Gasteiger charge is -2.22. The van der Waals surface area contributed by atoms with Crippen molar-refractivity contribution in [2.24, 2.45) is 0 Å². The summed E-state index contributed by atoms with van der Waals surface area (Å²) in [4.78, 5) is 15.7. The van der Waals surface area contributed by atoms with E-state index in [1.807, 2.05) is 0 Å². The number of sulfone groups is 1. The first-order valence-electron chi connectivity index (χ1n) is 5.29. The number of carbonyl (C=O) groups excluding carboxylic acids is 1. The van der Waals surface area contributed by atoms with Crippen molar-refractivity contribution < 1.29 is 13.2 Å². The minimum Gasteiger partial charge on any atom is -0.311 e. The summed E-state index contributed by atoms with van der Waals surface area (Å²) < 4.78 is 23.7. The molecule has 2 N–H and O–H groups in total. The van der Waals surface area contributed by atoms with Crippen LogP contribution < -0.4 is 10.6 Å². The van der Waals surface area contributed by atoms with Crippen LogP contribution in [-0.2, 0) is 14.6 Å². The molecule has 2 heterocycles. The maximum Gasteiger partial charge on any atom is 0.227 e. The molecule has 1 saturated heterocycles. The van der Waals surface area contributed by atoms with E-state index in [4.69, 9.17) is 0 Å². The Kier molecular flexibility index (Phi) is 4.36. The summed E-state index contributed by atoms with van der Waals surface area (Å²) in [6.07, 6.45) is 1.74. The van der Waals surface area contributed by atoms with Gasteiger partial charge in [0.05, 0.1) is 21.5 Å². The molecule has 6 nitrogen and oxygen atoms in total. The normalized spacial score (nSPS) is 22.6. The number of rotatable bonds is 3. The van der Waals surface area contributed by atoms with Gasteiger partial charge in [-0.1, -0.05) is 11.3 Å². The number of hydrogen-bond donors (Lipinski definition) is 2. The Balaban J connectivity index is 1.88. The number of aromatic nitrogens is 1. The van der Waals surface area contributed by atoms with Gasteiger partial charge < -0.3 is 10.6 Å². The molecule has 0 radical (unpaired) electrons. The Morgan fingerprint density at radius 1 is 1.67 bits per heavy atom. The Morgan fingerprint density at radius 3 is 3.06 bits per heavy atom.